The first-order valence-electron chi connectivity index (χ1n) is 5.46. The van der Waals surface area contributed by atoms with Crippen LogP contribution in [-0.4, -0.2) is 36.6 Å². The van der Waals surface area contributed by atoms with Gasteiger partial charge in [-0.3, -0.25) is 4.90 Å². The van der Waals surface area contributed by atoms with Gasteiger partial charge in [-0.25, -0.2) is 4.98 Å². The van der Waals surface area contributed by atoms with E-state index in [1.165, 1.54) is 18.0 Å². The fourth-order valence-corrected chi connectivity index (χ4v) is 2.97. The molecule has 0 amide bonds. The van der Waals surface area contributed by atoms with Gasteiger partial charge in [-0.1, -0.05) is 6.92 Å². The highest BCUT2D eigenvalue weighted by Gasteiger charge is 2.29. The zero-order valence-electron chi connectivity index (χ0n) is 9.90. The molecule has 1 fully saturated rings. The maximum absolute atomic E-state index is 4.31. The second-order valence-electron chi connectivity index (χ2n) is 4.84. The monoisotopic (exact) mass is 261 g/mol. The van der Waals surface area contributed by atoms with Crippen LogP contribution in [0.4, 0.5) is 0 Å². The summed E-state index contributed by atoms with van der Waals surface area (Å²) in [6.07, 6.45) is 3.17. The van der Waals surface area contributed by atoms with Crippen molar-refractivity contribution in [3.8, 4) is 0 Å². The molecule has 5 heteroatoms. The zero-order chi connectivity index (χ0) is 10.7. The summed E-state index contributed by atoms with van der Waals surface area (Å²) in [5.41, 5.74) is 0.450. The molecule has 1 aliphatic heterocycles. The second-order valence-corrected chi connectivity index (χ2v) is 5.81. The minimum Gasteiger partial charge on any atom is -0.316 e. The lowest BCUT2D eigenvalue weighted by atomic mass is 9.89. The molecule has 92 valence electrons. The first kappa shape index (κ1) is 13.9. The second kappa shape index (κ2) is 5.96. The van der Waals surface area contributed by atoms with Crippen molar-refractivity contribution in [1.82, 2.24) is 15.2 Å². The standard InChI is InChI=1S/C11H19N3S.ClH/c1-11(3-4-12-8-11)9-14(2)7-10-13-5-6-15-10;/h5-6,12H,3-4,7-9H2,1-2H3;1H. The van der Waals surface area contributed by atoms with E-state index >= 15 is 0 Å². The summed E-state index contributed by atoms with van der Waals surface area (Å²) in [6, 6.07) is 0. The minimum atomic E-state index is 0. The average molecular weight is 262 g/mol. The molecule has 0 radical (unpaired) electrons. The molecular formula is C11H20ClN3S. The molecule has 1 aromatic heterocycles. The van der Waals surface area contributed by atoms with E-state index in [2.05, 4.69) is 29.2 Å². The van der Waals surface area contributed by atoms with Gasteiger partial charge < -0.3 is 5.32 Å². The SMILES string of the molecule is CN(Cc1nccs1)CC1(C)CCNC1.Cl. The maximum Gasteiger partial charge on any atom is 0.107 e. The minimum absolute atomic E-state index is 0. The van der Waals surface area contributed by atoms with Crippen LogP contribution in [0.1, 0.15) is 18.4 Å². The van der Waals surface area contributed by atoms with E-state index in [9.17, 15) is 0 Å². The number of hydrogen-bond acceptors (Lipinski definition) is 4. The van der Waals surface area contributed by atoms with E-state index in [0.717, 1.165) is 19.6 Å². The zero-order valence-corrected chi connectivity index (χ0v) is 11.5. The third-order valence-electron chi connectivity index (χ3n) is 3.00. The van der Waals surface area contributed by atoms with Crippen LogP contribution in [0.2, 0.25) is 0 Å². The third kappa shape index (κ3) is 3.70. The molecule has 0 aromatic carbocycles. The van der Waals surface area contributed by atoms with Crippen LogP contribution >= 0.6 is 23.7 Å². The number of nitrogens with one attached hydrogen (secondary N) is 1. The van der Waals surface area contributed by atoms with Crippen molar-refractivity contribution in [3.05, 3.63) is 16.6 Å². The Balaban J connectivity index is 0.00000128. The smallest absolute Gasteiger partial charge is 0.107 e. The van der Waals surface area contributed by atoms with Crippen LogP contribution in [0.25, 0.3) is 0 Å². The largest absolute Gasteiger partial charge is 0.316 e. The van der Waals surface area contributed by atoms with E-state index in [-0.39, 0.29) is 12.4 Å². The summed E-state index contributed by atoms with van der Waals surface area (Å²) in [6.45, 7) is 6.81. The van der Waals surface area contributed by atoms with Crippen LogP contribution in [0.15, 0.2) is 11.6 Å². The molecule has 16 heavy (non-hydrogen) atoms. The lowest BCUT2D eigenvalue weighted by Gasteiger charge is -2.28. The van der Waals surface area contributed by atoms with E-state index in [1.807, 2.05) is 11.6 Å². The molecule has 1 saturated heterocycles. The van der Waals surface area contributed by atoms with Crippen molar-refractivity contribution < 1.29 is 0 Å². The molecule has 0 aliphatic carbocycles. The van der Waals surface area contributed by atoms with Crippen LogP contribution in [0.5, 0.6) is 0 Å². The predicted molar refractivity (Wildman–Crippen MR) is 71.3 cm³/mol. The summed E-state index contributed by atoms with van der Waals surface area (Å²) in [5.74, 6) is 0. The quantitative estimate of drug-likeness (QED) is 0.899. The Morgan fingerprint density at radius 2 is 2.44 bits per heavy atom. The van der Waals surface area contributed by atoms with E-state index in [0.29, 0.717) is 5.41 Å². The van der Waals surface area contributed by atoms with Gasteiger partial charge in [0.1, 0.15) is 5.01 Å². The molecule has 1 aromatic rings. The Kier molecular flexibility index (Phi) is 5.18. The van der Waals surface area contributed by atoms with Gasteiger partial charge in [0.15, 0.2) is 0 Å². The number of nitrogens with zero attached hydrogens (tertiary/aromatic N) is 2. The van der Waals surface area contributed by atoms with E-state index in [4.69, 9.17) is 0 Å². The van der Waals surface area contributed by atoms with E-state index in [1.54, 1.807) is 11.3 Å². The van der Waals surface area contributed by atoms with Gasteiger partial charge >= 0.3 is 0 Å². The van der Waals surface area contributed by atoms with E-state index < -0.39 is 0 Å². The molecule has 1 N–H and O–H groups in total. The number of rotatable bonds is 4. The Morgan fingerprint density at radius 1 is 1.62 bits per heavy atom. The van der Waals surface area contributed by atoms with Gasteiger partial charge in [0.25, 0.3) is 0 Å². The lowest BCUT2D eigenvalue weighted by Crippen LogP contribution is -2.34. The van der Waals surface area contributed by atoms with Crippen molar-refractivity contribution in [2.45, 2.75) is 19.9 Å². The highest BCUT2D eigenvalue weighted by Crippen LogP contribution is 2.25. The summed E-state index contributed by atoms with van der Waals surface area (Å²) in [5, 5.41) is 6.70. The molecule has 1 aliphatic rings. The maximum atomic E-state index is 4.31. The summed E-state index contributed by atoms with van der Waals surface area (Å²) >= 11 is 1.74. The normalized spacial score (nSPS) is 24.7. The van der Waals surface area contributed by atoms with Crippen molar-refractivity contribution in [2.75, 3.05) is 26.7 Å². The van der Waals surface area contributed by atoms with Crippen LogP contribution < -0.4 is 5.32 Å². The average Bonchev–Trinajstić information content (AvgIpc) is 2.76. The van der Waals surface area contributed by atoms with Crippen LogP contribution in [-0.2, 0) is 6.54 Å². The number of aromatic nitrogens is 1. The Bertz CT molecular complexity index is 296. The number of thiazole rings is 1. The Morgan fingerprint density at radius 3 is 3.00 bits per heavy atom. The highest BCUT2D eigenvalue weighted by molar-refractivity contribution is 7.09. The Labute approximate surface area is 108 Å². The number of halogens is 1. The van der Waals surface area contributed by atoms with Gasteiger partial charge in [0.05, 0.1) is 6.54 Å². The molecule has 0 saturated carbocycles. The van der Waals surface area contributed by atoms with Gasteiger partial charge in [-0.05, 0) is 25.4 Å². The third-order valence-corrected chi connectivity index (χ3v) is 3.76. The summed E-state index contributed by atoms with van der Waals surface area (Å²) in [4.78, 5) is 6.70. The van der Waals surface area contributed by atoms with Gasteiger partial charge in [-0.15, -0.1) is 23.7 Å². The lowest BCUT2D eigenvalue weighted by molar-refractivity contribution is 0.203. The first-order chi connectivity index (χ1) is 7.18. The van der Waals surface area contributed by atoms with Crippen molar-refractivity contribution in [1.29, 1.82) is 0 Å². The molecule has 2 heterocycles. The fourth-order valence-electron chi connectivity index (χ4n) is 2.27. The molecule has 2 rings (SSSR count). The molecule has 1 unspecified atom stereocenters. The summed E-state index contributed by atoms with van der Waals surface area (Å²) < 4.78 is 0. The van der Waals surface area contributed by atoms with Crippen LogP contribution in [0, 0.1) is 5.41 Å². The topological polar surface area (TPSA) is 28.2 Å². The van der Waals surface area contributed by atoms with Crippen molar-refractivity contribution in [2.24, 2.45) is 5.41 Å². The molecular weight excluding hydrogens is 242 g/mol. The highest BCUT2D eigenvalue weighted by atomic mass is 35.5. The molecule has 1 atom stereocenters. The van der Waals surface area contributed by atoms with Crippen molar-refractivity contribution in [3.63, 3.8) is 0 Å². The molecule has 3 nitrogen and oxygen atoms in total. The van der Waals surface area contributed by atoms with Gasteiger partial charge in [0, 0.05) is 24.7 Å². The molecule has 0 spiro atoms. The fraction of sp³-hybridized carbons (Fsp3) is 0.727. The first-order valence-corrected chi connectivity index (χ1v) is 6.34. The summed E-state index contributed by atoms with van der Waals surface area (Å²) in [7, 11) is 2.19. The Hall–Kier alpha value is -0.160. The molecule has 0 bridgehead atoms. The number of hydrogen-bond donors (Lipinski definition) is 1. The predicted octanol–water partition coefficient (Wildman–Crippen LogP) is 2.00. The van der Waals surface area contributed by atoms with Gasteiger partial charge in [0.2, 0.25) is 0 Å². The van der Waals surface area contributed by atoms with Crippen LogP contribution in [0.3, 0.4) is 0 Å². The van der Waals surface area contributed by atoms with Crippen molar-refractivity contribution >= 4 is 23.7 Å². The van der Waals surface area contributed by atoms with Gasteiger partial charge in [-0.2, -0.15) is 0 Å².